The molecule has 1 aromatic carbocycles. The summed E-state index contributed by atoms with van der Waals surface area (Å²) in [6.07, 6.45) is 2.34. The van der Waals surface area contributed by atoms with E-state index in [1.807, 2.05) is 0 Å². The van der Waals surface area contributed by atoms with Crippen LogP contribution in [0.15, 0.2) is 0 Å². The van der Waals surface area contributed by atoms with Gasteiger partial charge in [-0.2, -0.15) is 0 Å². The number of ether oxygens (including phenoxy) is 1. The minimum Gasteiger partial charge on any atom is -0.555 e. The zero-order valence-corrected chi connectivity index (χ0v) is 16.7. The maximum absolute atomic E-state index is 5.96. The van der Waals surface area contributed by atoms with Gasteiger partial charge in [-0.05, 0) is 31.9 Å². The second-order valence-corrected chi connectivity index (χ2v) is 5.54. The predicted octanol–water partition coefficient (Wildman–Crippen LogP) is 3.13. The predicted molar refractivity (Wildman–Crippen MR) is 75.3 cm³/mol. The largest absolute Gasteiger partial charge is 0.555 e. The number of fused-ring (bicyclic) bond motifs is 5. The van der Waals surface area contributed by atoms with E-state index in [1.54, 1.807) is 0 Å². The summed E-state index contributed by atoms with van der Waals surface area (Å²) in [5, 5.41) is 3.26. The van der Waals surface area contributed by atoms with Crippen LogP contribution >= 0.6 is 0 Å². The van der Waals surface area contributed by atoms with Crippen LogP contribution in [0, 0.1) is 26.8 Å². The van der Waals surface area contributed by atoms with Crippen molar-refractivity contribution in [2.75, 3.05) is 5.32 Å². The first-order valence-corrected chi connectivity index (χ1v) is 6.74. The van der Waals surface area contributed by atoms with E-state index in [0.29, 0.717) is 6.04 Å². The topological polar surface area (TPSA) is 39.1 Å². The summed E-state index contributed by atoms with van der Waals surface area (Å²) in [6, 6.07) is 0.315. The Hall–Kier alpha value is -0.554. The third-order valence-electron chi connectivity index (χ3n) is 4.24. The van der Waals surface area contributed by atoms with Gasteiger partial charge in [0.05, 0.1) is 6.10 Å². The number of nitrogens with zero attached hydrogens (tertiary/aromatic N) is 2. The molecule has 0 aliphatic carbocycles. The van der Waals surface area contributed by atoms with Crippen molar-refractivity contribution in [2.45, 2.75) is 39.8 Å². The van der Waals surface area contributed by atoms with Crippen molar-refractivity contribution >= 4 is 17.0 Å². The molecule has 2 unspecified atom stereocenters. The van der Waals surface area contributed by atoms with Crippen LogP contribution in [0.1, 0.15) is 36.6 Å². The van der Waals surface area contributed by atoms with Crippen LogP contribution < -0.4 is 10.1 Å². The van der Waals surface area contributed by atoms with Gasteiger partial charge in [-0.15, -0.1) is 12.0 Å². The molecule has 0 amide bonds. The maximum atomic E-state index is 5.96. The second kappa shape index (κ2) is 5.58. The van der Waals surface area contributed by atoms with Crippen LogP contribution in [-0.2, 0) is 39.9 Å². The number of nitrogens with one attached hydrogen (secondary N) is 1. The molecular weight excluding hydrogens is 527 g/mol. The molecule has 0 spiro atoms. The van der Waals surface area contributed by atoms with E-state index in [4.69, 9.17) is 9.72 Å². The molecule has 2 aliphatic rings. The van der Waals surface area contributed by atoms with Gasteiger partial charge in [0, 0.05) is 51.2 Å². The zero-order chi connectivity index (χ0) is 13.3. The summed E-state index contributed by atoms with van der Waals surface area (Å²) >= 11 is 0. The Labute approximate surface area is 151 Å². The van der Waals surface area contributed by atoms with E-state index in [0.717, 1.165) is 17.2 Å². The average Bonchev–Trinajstić information content (AvgIpc) is 3.01. The van der Waals surface area contributed by atoms with Crippen LogP contribution in [0.4, 0.5) is 5.95 Å². The number of hydrogen-bond donors (Lipinski definition) is 1. The van der Waals surface area contributed by atoms with E-state index in [-0.39, 0.29) is 46.0 Å². The van der Waals surface area contributed by atoms with Gasteiger partial charge >= 0.3 is 0 Å². The van der Waals surface area contributed by atoms with Crippen molar-refractivity contribution in [3.63, 3.8) is 0 Å². The van der Waals surface area contributed by atoms with Crippen molar-refractivity contribution in [2.24, 2.45) is 0 Å². The first-order valence-electron chi connectivity index (χ1n) is 6.74. The van der Waals surface area contributed by atoms with Gasteiger partial charge in [-0.1, -0.05) is 18.5 Å². The number of aryl methyl sites for hydroxylation is 1. The molecule has 6 heteroatoms. The first-order chi connectivity index (χ1) is 9.08. The molecule has 0 saturated heterocycles. The molecule has 0 saturated carbocycles. The number of hydrogen-bond acceptors (Lipinski definition) is 3. The Morgan fingerprint density at radius 3 is 2.67 bits per heavy atom. The Bertz CT molecular complexity index is 713. The van der Waals surface area contributed by atoms with E-state index in [2.05, 4.69) is 50.5 Å². The van der Waals surface area contributed by atoms with Crippen LogP contribution in [0.25, 0.3) is 11.0 Å². The molecule has 1 N–H and O–H groups in total. The Balaban J connectivity index is 0.000000807. The van der Waals surface area contributed by atoms with E-state index < -0.39 is 0 Å². The molecule has 0 bridgehead atoms. The zero-order valence-electron chi connectivity index (χ0n) is 12.3. The van der Waals surface area contributed by atoms with E-state index in [9.17, 15) is 0 Å². The third-order valence-corrected chi connectivity index (χ3v) is 4.24. The number of aromatic nitrogens is 2. The van der Waals surface area contributed by atoms with Gasteiger partial charge < -0.3 is 14.6 Å². The summed E-state index contributed by atoms with van der Waals surface area (Å²) < 4.78 is 8.23. The summed E-state index contributed by atoms with van der Waals surface area (Å²) in [7, 11) is 0. The average molecular weight is 544 g/mol. The van der Waals surface area contributed by atoms with Crippen molar-refractivity contribution in [3.05, 3.63) is 29.7 Å². The second-order valence-electron chi connectivity index (χ2n) is 5.54. The van der Waals surface area contributed by atoms with Gasteiger partial charge in [-0.25, -0.2) is 11.5 Å². The molecule has 4 nitrogen and oxygen atoms in total. The summed E-state index contributed by atoms with van der Waals surface area (Å²) in [6.45, 7) is 10.6. The molecule has 0 fully saturated rings. The fourth-order valence-corrected chi connectivity index (χ4v) is 3.14. The van der Waals surface area contributed by atoms with E-state index >= 15 is 0 Å². The molecule has 2 radical (unpaired) electrons. The summed E-state index contributed by atoms with van der Waals surface area (Å²) in [4.78, 5) is 4.75. The molecule has 3 heterocycles. The Kier molecular flexibility index (Phi) is 4.46. The van der Waals surface area contributed by atoms with Gasteiger partial charge in [0.2, 0.25) is 0 Å². The minimum atomic E-state index is 0. The van der Waals surface area contributed by atoms with Crippen LogP contribution in [0.3, 0.4) is 0 Å². The standard InChI is InChI=1S/C15H17N3O.Re.Rh/c1-7-6-16-15-17-12-9(3)10(4)14-11(5-8(2)19-14)13(12)18(7)15;;/h5-8H,1-4H3,(H,16,17);;/q-2;;. The van der Waals surface area contributed by atoms with Gasteiger partial charge in [0.1, 0.15) is 0 Å². The van der Waals surface area contributed by atoms with E-state index in [1.165, 1.54) is 22.2 Å². The monoisotopic (exact) mass is 545 g/mol. The first kappa shape index (κ1) is 16.8. The third kappa shape index (κ3) is 2.15. The fourth-order valence-electron chi connectivity index (χ4n) is 3.14. The number of rotatable bonds is 0. The Morgan fingerprint density at radius 1 is 1.24 bits per heavy atom. The number of benzene rings is 1. The van der Waals surface area contributed by atoms with Crippen molar-refractivity contribution in [1.29, 1.82) is 0 Å². The van der Waals surface area contributed by atoms with Gasteiger partial charge in [0.25, 0.3) is 0 Å². The molecule has 21 heavy (non-hydrogen) atoms. The van der Waals surface area contributed by atoms with Crippen LogP contribution in [0.5, 0.6) is 5.75 Å². The number of imidazole rings is 1. The normalized spacial score (nSPS) is 21.5. The van der Waals surface area contributed by atoms with Crippen LogP contribution in [0.2, 0.25) is 0 Å². The quantitative estimate of drug-likeness (QED) is 0.410. The molecule has 2 aliphatic heterocycles. The molecule has 2 aromatic rings. The summed E-state index contributed by atoms with van der Waals surface area (Å²) in [5.41, 5.74) is 5.91. The smallest absolute Gasteiger partial charge is 0.159 e. The molecule has 2 atom stereocenters. The molecule has 1 aromatic heterocycles. The number of anilines is 1. The maximum Gasteiger partial charge on any atom is 0.159 e. The Morgan fingerprint density at radius 2 is 1.95 bits per heavy atom. The molecule has 4 rings (SSSR count). The van der Waals surface area contributed by atoms with Crippen molar-refractivity contribution in [3.8, 4) is 5.75 Å². The van der Waals surface area contributed by atoms with Gasteiger partial charge in [0.15, 0.2) is 5.95 Å². The SMILES string of the molecule is Cc1c2c(c3c(nc4n3C(C)[CH-]N4)c1C)[CH-]C(C)O2.[Re].[Rh]. The van der Waals surface area contributed by atoms with Gasteiger partial charge in [-0.3, -0.25) is 0 Å². The van der Waals surface area contributed by atoms with Crippen molar-refractivity contribution in [1.82, 2.24) is 9.55 Å². The van der Waals surface area contributed by atoms with Crippen LogP contribution in [-0.4, -0.2) is 15.7 Å². The fraction of sp³-hybridized carbons (Fsp3) is 0.400. The molecular formula is C15H17N3OReRh-2. The molecule has 116 valence electrons. The van der Waals surface area contributed by atoms with Crippen molar-refractivity contribution < 1.29 is 44.6 Å². The minimum absolute atomic E-state index is 0. The summed E-state index contributed by atoms with van der Waals surface area (Å²) in [5.74, 6) is 1.96.